The van der Waals surface area contributed by atoms with E-state index in [4.69, 9.17) is 5.73 Å². The first-order chi connectivity index (χ1) is 13.3. The Kier molecular flexibility index (Phi) is 6.02. The summed E-state index contributed by atoms with van der Waals surface area (Å²) in [7, 11) is -3.37. The van der Waals surface area contributed by atoms with Gasteiger partial charge in [0.05, 0.1) is 23.3 Å². The average Bonchev–Trinajstić information content (AvgIpc) is 2.65. The number of nitrogen functional groups attached to an aromatic ring is 1. The van der Waals surface area contributed by atoms with E-state index in [1.54, 1.807) is 13.1 Å². The summed E-state index contributed by atoms with van der Waals surface area (Å²) in [5.41, 5.74) is 9.97. The first-order valence-electron chi connectivity index (χ1n) is 9.60. The van der Waals surface area contributed by atoms with Crippen LogP contribution in [0.15, 0.2) is 12.3 Å². The zero-order valence-corrected chi connectivity index (χ0v) is 17.5. The normalized spacial score (nSPS) is 14.9. The van der Waals surface area contributed by atoms with Crippen molar-refractivity contribution in [1.29, 1.82) is 0 Å². The van der Waals surface area contributed by atoms with Gasteiger partial charge in [0.1, 0.15) is 5.82 Å². The minimum atomic E-state index is -3.37. The summed E-state index contributed by atoms with van der Waals surface area (Å²) in [6.45, 7) is 5.74. The maximum absolute atomic E-state index is 11.6. The van der Waals surface area contributed by atoms with Crippen molar-refractivity contribution < 1.29 is 8.42 Å². The standard InChI is InChI=1S/C19H28N6O2S/c1-4-16-15(18(23-19(20)22-16)25-8-6-5-7-9-25)10-14-11-17(13(2)21-12-14)24-28(3,26)27/h11-12,24H,4-10H2,1-3H3,(H2,20,22,23). The van der Waals surface area contributed by atoms with Gasteiger partial charge in [0.2, 0.25) is 16.0 Å². The van der Waals surface area contributed by atoms with Crippen LogP contribution in [0.5, 0.6) is 0 Å². The molecule has 9 heteroatoms. The molecular formula is C19H28N6O2S. The monoisotopic (exact) mass is 404 g/mol. The summed E-state index contributed by atoms with van der Waals surface area (Å²) in [6, 6.07) is 1.83. The predicted molar refractivity (Wildman–Crippen MR) is 112 cm³/mol. The third-order valence-corrected chi connectivity index (χ3v) is 5.49. The van der Waals surface area contributed by atoms with E-state index in [2.05, 4.69) is 31.5 Å². The number of hydrogen-bond donors (Lipinski definition) is 2. The molecule has 0 radical (unpaired) electrons. The Morgan fingerprint density at radius 1 is 1.21 bits per heavy atom. The van der Waals surface area contributed by atoms with Crippen molar-refractivity contribution in [2.75, 3.05) is 34.7 Å². The number of nitrogens with zero attached hydrogens (tertiary/aromatic N) is 4. The fraction of sp³-hybridized carbons (Fsp3) is 0.526. The van der Waals surface area contributed by atoms with E-state index in [0.29, 0.717) is 23.8 Å². The first-order valence-corrected chi connectivity index (χ1v) is 11.5. The maximum Gasteiger partial charge on any atom is 0.229 e. The molecule has 28 heavy (non-hydrogen) atoms. The Hall–Kier alpha value is -2.42. The molecule has 8 nitrogen and oxygen atoms in total. The Bertz CT molecular complexity index is 955. The van der Waals surface area contributed by atoms with Gasteiger partial charge in [-0.15, -0.1) is 0 Å². The molecule has 0 unspecified atom stereocenters. The van der Waals surface area contributed by atoms with Crippen LogP contribution in [0.4, 0.5) is 17.5 Å². The van der Waals surface area contributed by atoms with Gasteiger partial charge in [0.15, 0.2) is 0 Å². The minimum Gasteiger partial charge on any atom is -0.368 e. The largest absolute Gasteiger partial charge is 0.368 e. The third-order valence-electron chi connectivity index (χ3n) is 4.90. The molecule has 1 aliphatic heterocycles. The number of anilines is 3. The molecule has 0 aromatic carbocycles. The second-order valence-corrected chi connectivity index (χ2v) is 9.01. The van der Waals surface area contributed by atoms with Gasteiger partial charge < -0.3 is 10.6 Å². The van der Waals surface area contributed by atoms with E-state index in [0.717, 1.165) is 61.2 Å². The molecule has 1 aliphatic rings. The van der Waals surface area contributed by atoms with Gasteiger partial charge in [-0.25, -0.2) is 13.4 Å². The molecule has 1 saturated heterocycles. The molecule has 0 bridgehead atoms. The molecule has 0 atom stereocenters. The second-order valence-electron chi connectivity index (χ2n) is 7.26. The van der Waals surface area contributed by atoms with Crippen molar-refractivity contribution in [2.24, 2.45) is 0 Å². The van der Waals surface area contributed by atoms with Gasteiger partial charge in [-0.05, 0) is 44.2 Å². The number of nitrogens with two attached hydrogens (primary N) is 1. The highest BCUT2D eigenvalue weighted by molar-refractivity contribution is 7.92. The summed E-state index contributed by atoms with van der Waals surface area (Å²) >= 11 is 0. The Morgan fingerprint density at radius 3 is 2.57 bits per heavy atom. The van der Waals surface area contributed by atoms with E-state index in [-0.39, 0.29) is 0 Å². The molecule has 2 aromatic heterocycles. The third kappa shape index (κ3) is 4.89. The molecule has 0 saturated carbocycles. The maximum atomic E-state index is 11.6. The van der Waals surface area contributed by atoms with Crippen molar-refractivity contribution >= 4 is 27.5 Å². The SMILES string of the molecule is CCc1nc(N)nc(N2CCCCC2)c1Cc1cnc(C)c(NS(C)(=O)=O)c1. The topological polar surface area (TPSA) is 114 Å². The molecule has 1 fully saturated rings. The predicted octanol–water partition coefficient (Wildman–Crippen LogP) is 2.28. The molecule has 3 heterocycles. The molecular weight excluding hydrogens is 376 g/mol. The zero-order valence-electron chi connectivity index (χ0n) is 16.7. The number of piperidine rings is 1. The number of aromatic nitrogens is 3. The van der Waals surface area contributed by atoms with Gasteiger partial charge in [-0.3, -0.25) is 9.71 Å². The summed E-state index contributed by atoms with van der Waals surface area (Å²) in [5, 5.41) is 0. The van der Waals surface area contributed by atoms with Crippen LogP contribution in [-0.2, 0) is 22.9 Å². The summed E-state index contributed by atoms with van der Waals surface area (Å²) < 4.78 is 25.8. The van der Waals surface area contributed by atoms with Crippen molar-refractivity contribution in [3.63, 3.8) is 0 Å². The second kappa shape index (κ2) is 8.30. The highest BCUT2D eigenvalue weighted by atomic mass is 32.2. The van der Waals surface area contributed by atoms with Crippen molar-refractivity contribution in [1.82, 2.24) is 15.0 Å². The number of aryl methyl sites for hydroxylation is 2. The van der Waals surface area contributed by atoms with Crippen molar-refractivity contribution in [2.45, 2.75) is 46.0 Å². The smallest absolute Gasteiger partial charge is 0.229 e. The zero-order chi connectivity index (χ0) is 20.3. The van der Waals surface area contributed by atoms with Crippen molar-refractivity contribution in [3.8, 4) is 0 Å². The molecule has 152 valence electrons. The number of pyridine rings is 1. The molecule has 0 amide bonds. The summed E-state index contributed by atoms with van der Waals surface area (Å²) in [6.07, 6.45) is 7.74. The molecule has 0 spiro atoms. The van der Waals surface area contributed by atoms with Gasteiger partial charge in [0, 0.05) is 31.3 Å². The van der Waals surface area contributed by atoms with Crippen molar-refractivity contribution in [3.05, 3.63) is 34.8 Å². The number of hydrogen-bond acceptors (Lipinski definition) is 7. The first kappa shape index (κ1) is 20.3. The number of nitrogens with one attached hydrogen (secondary N) is 1. The molecule has 2 aromatic rings. The number of rotatable bonds is 6. The fourth-order valence-corrected chi connectivity index (χ4v) is 4.16. The van der Waals surface area contributed by atoms with Crippen LogP contribution < -0.4 is 15.4 Å². The Morgan fingerprint density at radius 2 is 1.93 bits per heavy atom. The molecule has 0 aliphatic carbocycles. The Balaban J connectivity index is 2.00. The summed E-state index contributed by atoms with van der Waals surface area (Å²) in [5.74, 6) is 1.19. The lowest BCUT2D eigenvalue weighted by atomic mass is 10.0. The van der Waals surface area contributed by atoms with Gasteiger partial charge in [-0.1, -0.05) is 6.92 Å². The quantitative estimate of drug-likeness (QED) is 0.759. The highest BCUT2D eigenvalue weighted by Crippen LogP contribution is 2.28. The van der Waals surface area contributed by atoms with Crippen LogP contribution in [0, 0.1) is 6.92 Å². The lowest BCUT2D eigenvalue weighted by molar-refractivity contribution is 0.571. The number of sulfonamides is 1. The van der Waals surface area contributed by atoms with Crippen LogP contribution in [0.2, 0.25) is 0 Å². The van der Waals surface area contributed by atoms with Gasteiger partial charge >= 0.3 is 0 Å². The van der Waals surface area contributed by atoms with Crippen LogP contribution in [0.3, 0.4) is 0 Å². The van der Waals surface area contributed by atoms with E-state index >= 15 is 0 Å². The average molecular weight is 405 g/mol. The van der Waals surface area contributed by atoms with E-state index in [9.17, 15) is 8.42 Å². The lowest BCUT2D eigenvalue weighted by Gasteiger charge is -2.30. The van der Waals surface area contributed by atoms with Crippen LogP contribution >= 0.6 is 0 Å². The minimum absolute atomic E-state index is 0.294. The van der Waals surface area contributed by atoms with E-state index < -0.39 is 10.0 Å². The highest BCUT2D eigenvalue weighted by Gasteiger charge is 2.21. The molecule has 3 N–H and O–H groups in total. The van der Waals surface area contributed by atoms with E-state index in [1.807, 2.05) is 6.07 Å². The van der Waals surface area contributed by atoms with Crippen LogP contribution in [0.1, 0.15) is 48.7 Å². The van der Waals surface area contributed by atoms with Crippen LogP contribution in [-0.4, -0.2) is 42.7 Å². The van der Waals surface area contributed by atoms with Gasteiger partial charge in [-0.2, -0.15) is 4.98 Å². The fourth-order valence-electron chi connectivity index (χ4n) is 3.56. The lowest BCUT2D eigenvalue weighted by Crippen LogP contribution is -2.32. The summed E-state index contributed by atoms with van der Waals surface area (Å²) in [4.78, 5) is 15.7. The molecule has 3 rings (SSSR count). The Labute approximate surface area is 166 Å². The van der Waals surface area contributed by atoms with Gasteiger partial charge in [0.25, 0.3) is 0 Å². The van der Waals surface area contributed by atoms with E-state index in [1.165, 1.54) is 6.42 Å². The van der Waals surface area contributed by atoms with Crippen LogP contribution in [0.25, 0.3) is 0 Å².